The maximum absolute atomic E-state index is 1.62. The third-order valence-electron chi connectivity index (χ3n) is 0.827. The van der Waals surface area contributed by atoms with Gasteiger partial charge in [-0.25, -0.2) is 0 Å². The Morgan fingerprint density at radius 2 is 1.83 bits per heavy atom. The van der Waals surface area contributed by atoms with Crippen LogP contribution < -0.4 is 0 Å². The molecular formula is C3H10P3+. The lowest BCUT2D eigenvalue weighted by Gasteiger charge is -2.01. The first-order valence-electron chi connectivity index (χ1n) is 2.23. The maximum atomic E-state index is 1.62. The van der Waals surface area contributed by atoms with E-state index in [-0.39, 0.29) is 0 Å². The Bertz CT molecular complexity index is 21.5. The van der Waals surface area contributed by atoms with E-state index in [0.29, 0.717) is 0 Å². The first-order chi connectivity index (χ1) is 3.00. The zero-order valence-corrected chi connectivity index (χ0v) is 6.85. The van der Waals surface area contributed by atoms with Crippen LogP contribution in [-0.2, 0) is 0 Å². The van der Waals surface area contributed by atoms with Crippen LogP contribution >= 0.6 is 25.7 Å². The van der Waals surface area contributed by atoms with Crippen LogP contribution in [0.4, 0.5) is 0 Å². The molecule has 3 heteroatoms. The van der Waals surface area contributed by atoms with E-state index in [1.807, 2.05) is 0 Å². The fraction of sp³-hybridized carbons (Fsp3) is 1.00. The summed E-state index contributed by atoms with van der Waals surface area (Å²) in [5.41, 5.74) is 0. The first-order valence-corrected chi connectivity index (χ1v) is 6.69. The lowest BCUT2D eigenvalue weighted by molar-refractivity contribution is 1.95. The van der Waals surface area contributed by atoms with E-state index >= 15 is 0 Å². The molecule has 0 nitrogen and oxygen atoms in total. The molecule has 6 heavy (non-hydrogen) atoms. The van der Waals surface area contributed by atoms with Crippen molar-refractivity contribution in [2.45, 2.75) is 0 Å². The SMILES string of the molecule is C1PC[PH2+]CP1. The van der Waals surface area contributed by atoms with Crippen LogP contribution in [0.15, 0.2) is 0 Å². The molecule has 0 spiro atoms. The van der Waals surface area contributed by atoms with Crippen LogP contribution in [0.25, 0.3) is 0 Å². The maximum Gasteiger partial charge on any atom is 0.0710 e. The summed E-state index contributed by atoms with van der Waals surface area (Å²) in [5.74, 6) is 4.81. The van der Waals surface area contributed by atoms with Crippen LogP contribution in [0.3, 0.4) is 0 Å². The van der Waals surface area contributed by atoms with Crippen molar-refractivity contribution >= 4 is 25.7 Å². The van der Waals surface area contributed by atoms with Gasteiger partial charge in [0.2, 0.25) is 0 Å². The van der Waals surface area contributed by atoms with E-state index < -0.39 is 0 Å². The molecule has 0 aliphatic carbocycles. The molecule has 2 unspecified atom stereocenters. The molecule has 0 N–H and O–H groups in total. The summed E-state index contributed by atoms with van der Waals surface area (Å²) in [6.07, 6.45) is 0. The minimum Gasteiger partial charge on any atom is -0.0780 e. The van der Waals surface area contributed by atoms with E-state index in [0.717, 1.165) is 8.58 Å². The highest BCUT2D eigenvalue weighted by Crippen LogP contribution is 2.40. The van der Waals surface area contributed by atoms with Crippen molar-refractivity contribution in [2.75, 3.05) is 17.7 Å². The quantitative estimate of drug-likeness (QED) is 0.447. The lowest BCUT2D eigenvalue weighted by atomic mass is 11.8. The highest BCUT2D eigenvalue weighted by molar-refractivity contribution is 7.73. The minimum absolute atomic E-state index is 0.930. The summed E-state index contributed by atoms with van der Waals surface area (Å²) < 4.78 is 0. The second-order valence-electron chi connectivity index (χ2n) is 1.37. The molecule has 0 radical (unpaired) electrons. The molecule has 0 bridgehead atoms. The van der Waals surface area contributed by atoms with Gasteiger partial charge in [-0.15, -0.1) is 0 Å². The molecule has 0 amide bonds. The fourth-order valence-electron chi connectivity index (χ4n) is 0.509. The monoisotopic (exact) mass is 139 g/mol. The zero-order valence-electron chi connectivity index (χ0n) is 3.70. The number of rotatable bonds is 0. The van der Waals surface area contributed by atoms with Gasteiger partial charge < -0.3 is 0 Å². The van der Waals surface area contributed by atoms with Crippen LogP contribution in [0, 0.1) is 0 Å². The summed E-state index contributed by atoms with van der Waals surface area (Å²) in [7, 11) is 3.63. The second kappa shape index (κ2) is 3.31. The first kappa shape index (κ1) is 5.43. The Hall–Kier alpha value is 1.29. The average Bonchev–Trinajstić information content (AvgIpc) is 1.72. The van der Waals surface area contributed by atoms with Gasteiger partial charge >= 0.3 is 0 Å². The van der Waals surface area contributed by atoms with Gasteiger partial charge in [0.15, 0.2) is 0 Å². The molecule has 0 aromatic carbocycles. The smallest absolute Gasteiger partial charge is 0.0710 e. The number of hydrogen-bond donors (Lipinski definition) is 0. The van der Waals surface area contributed by atoms with Crippen LogP contribution in [0.2, 0.25) is 0 Å². The molecule has 0 aromatic rings. The van der Waals surface area contributed by atoms with Crippen molar-refractivity contribution in [3.63, 3.8) is 0 Å². The van der Waals surface area contributed by atoms with Crippen molar-refractivity contribution in [3.05, 3.63) is 0 Å². The summed E-state index contributed by atoms with van der Waals surface area (Å²) in [6, 6.07) is 0. The summed E-state index contributed by atoms with van der Waals surface area (Å²) in [5, 5.41) is 0. The topological polar surface area (TPSA) is 0 Å². The molecule has 1 saturated heterocycles. The summed E-state index contributed by atoms with van der Waals surface area (Å²) >= 11 is 0. The molecule has 0 aromatic heterocycles. The van der Waals surface area contributed by atoms with Crippen molar-refractivity contribution in [3.8, 4) is 0 Å². The highest BCUT2D eigenvalue weighted by atomic mass is 31.2. The van der Waals surface area contributed by atoms with E-state index in [2.05, 4.69) is 0 Å². The fourth-order valence-corrected chi connectivity index (χ4v) is 8.48. The number of hydrogen-bond acceptors (Lipinski definition) is 0. The minimum atomic E-state index is 0.930. The third kappa shape index (κ3) is 1.83. The van der Waals surface area contributed by atoms with Crippen LogP contribution in [-0.4, -0.2) is 17.7 Å². The largest absolute Gasteiger partial charge is 0.0780 e. The molecular weight excluding hydrogens is 129 g/mol. The van der Waals surface area contributed by atoms with Gasteiger partial charge in [-0.1, -0.05) is 17.2 Å². The van der Waals surface area contributed by atoms with Crippen molar-refractivity contribution < 1.29 is 0 Å². The normalized spacial score (nSPS) is 36.0. The lowest BCUT2D eigenvalue weighted by Crippen LogP contribution is -1.74. The predicted octanol–water partition coefficient (Wildman–Crippen LogP) is 1.64. The predicted molar refractivity (Wildman–Crippen MR) is 40.9 cm³/mol. The van der Waals surface area contributed by atoms with Crippen molar-refractivity contribution in [1.82, 2.24) is 0 Å². The second-order valence-corrected chi connectivity index (χ2v) is 7.63. The van der Waals surface area contributed by atoms with E-state index in [1.165, 1.54) is 17.2 Å². The molecule has 36 valence electrons. The van der Waals surface area contributed by atoms with Gasteiger partial charge in [-0.3, -0.25) is 0 Å². The zero-order chi connectivity index (χ0) is 4.24. The van der Waals surface area contributed by atoms with Gasteiger partial charge in [0, 0.05) is 0 Å². The van der Waals surface area contributed by atoms with Gasteiger partial charge in [0.25, 0.3) is 0 Å². The summed E-state index contributed by atoms with van der Waals surface area (Å²) in [6.45, 7) is 0. The van der Waals surface area contributed by atoms with Crippen LogP contribution in [0.5, 0.6) is 0 Å². The molecule has 1 rings (SSSR count). The summed E-state index contributed by atoms with van der Waals surface area (Å²) in [4.78, 5) is 0. The Labute approximate surface area is 44.2 Å². The van der Waals surface area contributed by atoms with Gasteiger partial charge in [-0.2, -0.15) is 0 Å². The van der Waals surface area contributed by atoms with Crippen molar-refractivity contribution in [2.24, 2.45) is 0 Å². The Balaban J connectivity index is 2.00. The highest BCUT2D eigenvalue weighted by Gasteiger charge is 2.00. The van der Waals surface area contributed by atoms with E-state index in [9.17, 15) is 0 Å². The molecule has 0 saturated carbocycles. The molecule has 2 atom stereocenters. The molecule has 1 aliphatic heterocycles. The van der Waals surface area contributed by atoms with E-state index in [4.69, 9.17) is 0 Å². The van der Waals surface area contributed by atoms with Crippen LogP contribution in [0.1, 0.15) is 0 Å². The van der Waals surface area contributed by atoms with Gasteiger partial charge in [-0.05, 0) is 14.5 Å². The van der Waals surface area contributed by atoms with Gasteiger partial charge in [0.05, 0.1) is 11.8 Å². The molecule has 1 heterocycles. The molecule has 1 fully saturated rings. The Kier molecular flexibility index (Phi) is 3.00. The third-order valence-corrected chi connectivity index (χ3v) is 7.45. The molecule has 1 aliphatic rings. The van der Waals surface area contributed by atoms with Crippen molar-refractivity contribution in [1.29, 1.82) is 0 Å². The average molecular weight is 139 g/mol. The van der Waals surface area contributed by atoms with Gasteiger partial charge in [0.1, 0.15) is 0 Å². The standard InChI is InChI=1S/C3H9P3/c1-4-2-6-3-5-1/h4-6H,1-3H2/p+1. The Morgan fingerprint density at radius 3 is 2.00 bits per heavy atom. The van der Waals surface area contributed by atoms with E-state index in [1.54, 1.807) is 17.7 Å². The Morgan fingerprint density at radius 1 is 1.17 bits per heavy atom.